The van der Waals surface area contributed by atoms with E-state index in [-0.39, 0.29) is 28.4 Å². The first-order chi connectivity index (χ1) is 16.7. The van der Waals surface area contributed by atoms with Gasteiger partial charge >= 0.3 is 0 Å². The lowest BCUT2D eigenvalue weighted by Gasteiger charge is -2.18. The van der Waals surface area contributed by atoms with Crippen molar-refractivity contribution in [2.45, 2.75) is 35.3 Å². The molecule has 4 N–H and O–H groups in total. The van der Waals surface area contributed by atoms with E-state index in [4.69, 9.17) is 5.14 Å². The first kappa shape index (κ1) is 26.8. The Kier molecular flexibility index (Phi) is 9.39. The molecule has 3 rings (SSSR count). The summed E-state index contributed by atoms with van der Waals surface area (Å²) in [6.07, 6.45) is 0.937. The van der Waals surface area contributed by atoms with Gasteiger partial charge in [-0.1, -0.05) is 64.9 Å². The van der Waals surface area contributed by atoms with Gasteiger partial charge in [0.25, 0.3) is 5.91 Å². The van der Waals surface area contributed by atoms with Gasteiger partial charge in [-0.15, -0.1) is 0 Å². The van der Waals surface area contributed by atoms with E-state index in [2.05, 4.69) is 29.7 Å². The number of rotatable bonds is 11. The van der Waals surface area contributed by atoms with Crippen molar-refractivity contribution in [1.82, 2.24) is 0 Å². The zero-order chi connectivity index (χ0) is 25.4. The highest BCUT2D eigenvalue weighted by atomic mass is 33.1. The number of hydrogen-bond acceptors (Lipinski definition) is 7. The van der Waals surface area contributed by atoms with E-state index in [9.17, 15) is 18.0 Å². The molecular weight excluding hydrogens is 502 g/mol. The molecule has 7 nitrogen and oxygen atoms in total. The number of ketones is 1. The number of hydrogen-bond donors (Lipinski definition) is 3. The smallest absolute Gasteiger partial charge is 0.257 e. The molecule has 1 unspecified atom stereocenters. The number of carbonyl (C=O) groups excluding carboxylic acids is 2. The molecule has 0 radical (unpaired) electrons. The number of para-hydroxylation sites is 1. The van der Waals surface area contributed by atoms with Crippen molar-refractivity contribution < 1.29 is 18.0 Å². The number of primary sulfonamides is 1. The van der Waals surface area contributed by atoms with Crippen molar-refractivity contribution in [3.8, 4) is 0 Å². The molecule has 0 saturated heterocycles. The van der Waals surface area contributed by atoms with Crippen LogP contribution in [0.15, 0.2) is 82.6 Å². The maximum absolute atomic E-state index is 13.1. The molecule has 0 aliphatic carbocycles. The lowest BCUT2D eigenvalue weighted by molar-refractivity contribution is -0.115. The van der Waals surface area contributed by atoms with Crippen molar-refractivity contribution in [3.63, 3.8) is 0 Å². The molecule has 0 saturated carbocycles. The fourth-order valence-electron chi connectivity index (χ4n) is 3.25. The van der Waals surface area contributed by atoms with Gasteiger partial charge in [-0.3, -0.25) is 9.59 Å². The fraction of sp³-hybridized carbons (Fsp3) is 0.200. The van der Waals surface area contributed by atoms with Crippen LogP contribution >= 0.6 is 21.6 Å². The molecule has 0 aliphatic heterocycles. The van der Waals surface area contributed by atoms with Gasteiger partial charge < -0.3 is 10.6 Å². The zero-order valence-electron chi connectivity index (χ0n) is 19.4. The van der Waals surface area contributed by atoms with Crippen LogP contribution in [0.1, 0.15) is 41.4 Å². The van der Waals surface area contributed by atoms with Gasteiger partial charge in [0.2, 0.25) is 10.0 Å². The highest BCUT2D eigenvalue weighted by Gasteiger charge is 2.19. The Morgan fingerprint density at radius 3 is 2.26 bits per heavy atom. The predicted molar refractivity (Wildman–Crippen MR) is 144 cm³/mol. The summed E-state index contributed by atoms with van der Waals surface area (Å²) in [5.74, 6) is -0.444. The van der Waals surface area contributed by atoms with Gasteiger partial charge in [0.1, 0.15) is 5.78 Å². The van der Waals surface area contributed by atoms with E-state index in [0.717, 1.165) is 11.3 Å². The average Bonchev–Trinajstić information content (AvgIpc) is 2.83. The van der Waals surface area contributed by atoms with Crippen LogP contribution in [0.5, 0.6) is 0 Å². The number of sulfonamides is 1. The van der Waals surface area contributed by atoms with Crippen molar-refractivity contribution in [2.24, 2.45) is 5.14 Å². The van der Waals surface area contributed by atoms with E-state index in [0.29, 0.717) is 16.9 Å². The summed E-state index contributed by atoms with van der Waals surface area (Å²) in [6.45, 7) is 3.69. The normalized spacial score (nSPS) is 12.1. The maximum Gasteiger partial charge on any atom is 0.257 e. The molecule has 184 valence electrons. The van der Waals surface area contributed by atoms with Crippen molar-refractivity contribution in [2.75, 3.05) is 17.2 Å². The summed E-state index contributed by atoms with van der Waals surface area (Å²) in [7, 11) is -0.577. The van der Waals surface area contributed by atoms with Crippen LogP contribution < -0.4 is 15.8 Å². The zero-order valence-corrected chi connectivity index (χ0v) is 21.8. The lowest BCUT2D eigenvalue weighted by atomic mass is 10.1. The minimum Gasteiger partial charge on any atom is -0.376 e. The summed E-state index contributed by atoms with van der Waals surface area (Å²) < 4.78 is 22.9. The molecule has 1 atom stereocenters. The molecule has 3 aromatic carbocycles. The van der Waals surface area contributed by atoms with Crippen LogP contribution in [-0.2, 0) is 14.8 Å². The Bertz CT molecular complexity index is 1280. The Morgan fingerprint density at radius 2 is 1.66 bits per heavy atom. The number of nitrogens with two attached hydrogens (primary N) is 1. The molecule has 0 bridgehead atoms. The minimum absolute atomic E-state index is 0.0429. The maximum atomic E-state index is 13.1. The molecule has 1 amide bonds. The number of benzene rings is 3. The third kappa shape index (κ3) is 7.60. The molecule has 0 heterocycles. The second-order valence-corrected chi connectivity index (χ2v) is 11.8. The molecular formula is C25H27N3O4S3. The minimum atomic E-state index is -3.82. The van der Waals surface area contributed by atoms with Crippen molar-refractivity contribution in [1.29, 1.82) is 0 Å². The van der Waals surface area contributed by atoms with E-state index < -0.39 is 10.0 Å². The molecule has 0 fully saturated rings. The molecule has 35 heavy (non-hydrogen) atoms. The monoisotopic (exact) mass is 529 g/mol. The van der Waals surface area contributed by atoms with E-state index >= 15 is 0 Å². The number of carbonyl (C=O) groups is 2. The van der Waals surface area contributed by atoms with Gasteiger partial charge in [0, 0.05) is 15.8 Å². The summed E-state index contributed by atoms with van der Waals surface area (Å²) in [5.41, 5.74) is 2.59. The fourth-order valence-corrected chi connectivity index (χ4v) is 6.61. The first-order valence-electron chi connectivity index (χ1n) is 10.9. The Hall–Kier alpha value is -2.79. The van der Waals surface area contributed by atoms with Crippen molar-refractivity contribution >= 4 is 54.7 Å². The SMILES string of the molecule is CCC(SSc1cccc(C(=O)Nc2ccc(S(N)(=O)=O)cc2)c1NCC(C)=O)c1ccccc1. The number of anilines is 2. The summed E-state index contributed by atoms with van der Waals surface area (Å²) in [6, 6.07) is 21.2. The third-order valence-corrected chi connectivity index (χ3v) is 8.93. The van der Waals surface area contributed by atoms with Gasteiger partial charge in [0.15, 0.2) is 0 Å². The van der Waals surface area contributed by atoms with Crippen LogP contribution in [0.2, 0.25) is 0 Å². The lowest BCUT2D eigenvalue weighted by Crippen LogP contribution is -2.18. The predicted octanol–water partition coefficient (Wildman–Crippen LogP) is 5.48. The van der Waals surface area contributed by atoms with Crippen molar-refractivity contribution in [3.05, 3.63) is 83.9 Å². The Morgan fingerprint density at radius 1 is 0.971 bits per heavy atom. The molecule has 0 spiro atoms. The van der Waals surface area contributed by atoms with E-state index in [1.807, 2.05) is 24.3 Å². The third-order valence-electron chi connectivity index (χ3n) is 5.02. The van der Waals surface area contributed by atoms with Crippen LogP contribution in [0.25, 0.3) is 0 Å². The standard InChI is InChI=1S/C25H27N3O4S3/c1-3-22(18-8-5-4-6-9-18)33-34-23-11-7-10-21(24(23)27-16-17(2)29)25(30)28-19-12-14-20(15-13-19)35(26,31)32/h4-15,22,27H,3,16H2,1-2H3,(H,28,30)(H2,26,31,32). The summed E-state index contributed by atoms with van der Waals surface area (Å²) in [4.78, 5) is 25.6. The van der Waals surface area contributed by atoms with E-state index in [1.165, 1.54) is 36.8 Å². The average molecular weight is 530 g/mol. The number of Topliss-reactive ketones (excluding diaryl/α,β-unsaturated/α-hetero) is 1. The summed E-state index contributed by atoms with van der Waals surface area (Å²) >= 11 is 0. The quantitative estimate of drug-likeness (QED) is 0.282. The topological polar surface area (TPSA) is 118 Å². The first-order valence-corrected chi connectivity index (χ1v) is 14.6. The summed E-state index contributed by atoms with van der Waals surface area (Å²) in [5, 5.41) is 11.3. The largest absolute Gasteiger partial charge is 0.376 e. The van der Waals surface area contributed by atoms with Crippen LogP contribution in [-0.4, -0.2) is 26.7 Å². The number of amides is 1. The second kappa shape index (κ2) is 12.3. The molecule has 0 aromatic heterocycles. The van der Waals surface area contributed by atoms with Gasteiger partial charge in [-0.05, 0) is 55.3 Å². The van der Waals surface area contributed by atoms with Crippen LogP contribution in [0.3, 0.4) is 0 Å². The second-order valence-electron chi connectivity index (χ2n) is 7.74. The molecule has 10 heteroatoms. The highest BCUT2D eigenvalue weighted by Crippen LogP contribution is 2.47. The van der Waals surface area contributed by atoms with Gasteiger partial charge in [0.05, 0.1) is 22.7 Å². The Balaban J connectivity index is 1.84. The van der Waals surface area contributed by atoms with E-state index in [1.54, 1.807) is 33.7 Å². The van der Waals surface area contributed by atoms with Crippen LogP contribution in [0.4, 0.5) is 11.4 Å². The van der Waals surface area contributed by atoms with Crippen LogP contribution in [0, 0.1) is 0 Å². The number of nitrogens with one attached hydrogen (secondary N) is 2. The highest BCUT2D eigenvalue weighted by molar-refractivity contribution is 8.76. The Labute approximate surface area is 213 Å². The molecule has 3 aromatic rings. The van der Waals surface area contributed by atoms with Gasteiger partial charge in [-0.25, -0.2) is 13.6 Å². The molecule has 0 aliphatic rings. The van der Waals surface area contributed by atoms with Gasteiger partial charge in [-0.2, -0.15) is 0 Å².